The zero-order valence-corrected chi connectivity index (χ0v) is 19.8. The number of nitrogens with zero attached hydrogens (tertiary/aromatic N) is 5. The zero-order chi connectivity index (χ0) is 22.4. The molecule has 1 aromatic rings. The number of hydrogen-bond donors (Lipinski definition) is 0. The fourth-order valence-corrected chi connectivity index (χ4v) is 6.14. The second kappa shape index (κ2) is 11.1. The Morgan fingerprint density at radius 3 is 1.81 bits per heavy atom. The number of azide groups is 1. The molecule has 2 saturated carbocycles. The van der Waals surface area contributed by atoms with Crippen LogP contribution < -0.4 is 0 Å². The van der Waals surface area contributed by atoms with Gasteiger partial charge in [-0.1, -0.05) is 50.7 Å². The van der Waals surface area contributed by atoms with Gasteiger partial charge in [0.15, 0.2) is 0 Å². The molecule has 3 rings (SSSR count). The van der Waals surface area contributed by atoms with Gasteiger partial charge in [-0.25, -0.2) is 0 Å². The second-order valence-corrected chi connectivity index (χ2v) is 9.95. The highest BCUT2D eigenvalue weighted by molar-refractivity contribution is 5.95. The standard InChI is InChI=1S/C25H39N5O/c1-29(2)23(18-11-7-5-8-12-18)21-16-15-20(25(31)27-28-26)17-22(21)24(30(3)4)19-13-9-6-10-14-19/h15-19,23-24H,5-14H2,1-4H3. The van der Waals surface area contributed by atoms with E-state index in [9.17, 15) is 4.79 Å². The summed E-state index contributed by atoms with van der Waals surface area (Å²) in [6, 6.07) is 6.65. The normalized spacial score (nSPS) is 20.5. The van der Waals surface area contributed by atoms with Crippen LogP contribution in [-0.4, -0.2) is 43.9 Å². The lowest BCUT2D eigenvalue weighted by atomic mass is 9.74. The van der Waals surface area contributed by atoms with E-state index in [2.05, 4.69) is 54.1 Å². The van der Waals surface area contributed by atoms with Gasteiger partial charge in [0.25, 0.3) is 0 Å². The number of benzene rings is 1. The van der Waals surface area contributed by atoms with Crippen molar-refractivity contribution in [3.05, 3.63) is 45.3 Å². The molecule has 2 atom stereocenters. The summed E-state index contributed by atoms with van der Waals surface area (Å²) >= 11 is 0. The van der Waals surface area contributed by atoms with Gasteiger partial charge < -0.3 is 9.80 Å². The molecular weight excluding hydrogens is 386 g/mol. The van der Waals surface area contributed by atoms with Gasteiger partial charge in [-0.2, -0.15) is 0 Å². The summed E-state index contributed by atoms with van der Waals surface area (Å²) in [7, 11) is 8.70. The molecule has 0 bridgehead atoms. The third-order valence-electron chi connectivity index (χ3n) is 7.41. The van der Waals surface area contributed by atoms with Crippen LogP contribution >= 0.6 is 0 Å². The maximum Gasteiger partial charge on any atom is 0.249 e. The van der Waals surface area contributed by atoms with E-state index >= 15 is 0 Å². The van der Waals surface area contributed by atoms with Crippen molar-refractivity contribution in [3.8, 4) is 0 Å². The predicted octanol–water partition coefficient (Wildman–Crippen LogP) is 6.50. The Morgan fingerprint density at radius 1 is 0.871 bits per heavy atom. The smallest absolute Gasteiger partial charge is 0.249 e. The summed E-state index contributed by atoms with van der Waals surface area (Å²) in [5.41, 5.74) is 11.9. The van der Waals surface area contributed by atoms with E-state index in [0.29, 0.717) is 23.4 Å². The van der Waals surface area contributed by atoms with Crippen LogP contribution in [0.25, 0.3) is 10.4 Å². The molecule has 0 aliphatic heterocycles. The largest absolute Gasteiger partial charge is 0.302 e. The third-order valence-corrected chi connectivity index (χ3v) is 7.41. The highest BCUT2D eigenvalue weighted by Gasteiger charge is 2.34. The summed E-state index contributed by atoms with van der Waals surface area (Å²) in [5, 5.41) is 3.37. The number of carbonyl (C=O) groups is 1. The van der Waals surface area contributed by atoms with Crippen molar-refractivity contribution < 1.29 is 4.79 Å². The maximum atomic E-state index is 12.4. The minimum atomic E-state index is -0.490. The molecule has 2 fully saturated rings. The molecule has 6 heteroatoms. The lowest BCUT2D eigenvalue weighted by Crippen LogP contribution is -2.34. The van der Waals surface area contributed by atoms with E-state index in [4.69, 9.17) is 5.53 Å². The average Bonchev–Trinajstić information content (AvgIpc) is 2.76. The van der Waals surface area contributed by atoms with Crippen molar-refractivity contribution in [3.63, 3.8) is 0 Å². The van der Waals surface area contributed by atoms with E-state index in [0.717, 1.165) is 0 Å². The van der Waals surface area contributed by atoms with E-state index in [-0.39, 0.29) is 6.04 Å². The maximum absolute atomic E-state index is 12.4. The number of hydrogen-bond acceptors (Lipinski definition) is 3. The quantitative estimate of drug-likeness (QED) is 0.284. The highest BCUT2D eigenvalue weighted by Crippen LogP contribution is 2.44. The molecule has 6 nitrogen and oxygen atoms in total. The minimum Gasteiger partial charge on any atom is -0.302 e. The van der Waals surface area contributed by atoms with Crippen molar-refractivity contribution in [1.82, 2.24) is 9.80 Å². The van der Waals surface area contributed by atoms with Crippen LogP contribution in [0.3, 0.4) is 0 Å². The van der Waals surface area contributed by atoms with Gasteiger partial charge in [0.1, 0.15) is 0 Å². The van der Waals surface area contributed by atoms with Crippen molar-refractivity contribution in [2.24, 2.45) is 17.0 Å². The molecule has 0 aromatic heterocycles. The van der Waals surface area contributed by atoms with E-state index in [1.54, 1.807) is 0 Å². The first kappa shape index (κ1) is 23.8. The molecular formula is C25H39N5O. The van der Waals surface area contributed by atoms with Crippen molar-refractivity contribution >= 4 is 5.91 Å². The molecule has 2 aliphatic rings. The Balaban J connectivity index is 2.11. The molecule has 0 saturated heterocycles. The summed E-state index contributed by atoms with van der Waals surface area (Å²) in [6.07, 6.45) is 12.8. The monoisotopic (exact) mass is 425 g/mol. The molecule has 2 aliphatic carbocycles. The highest BCUT2D eigenvalue weighted by atomic mass is 16.1. The van der Waals surface area contributed by atoms with Gasteiger partial charge in [0.2, 0.25) is 5.91 Å². The number of carbonyl (C=O) groups excluding carboxylic acids is 1. The van der Waals surface area contributed by atoms with Gasteiger partial charge >= 0.3 is 0 Å². The molecule has 170 valence electrons. The molecule has 0 heterocycles. The first-order valence-electron chi connectivity index (χ1n) is 12.0. The topological polar surface area (TPSA) is 72.3 Å². The minimum absolute atomic E-state index is 0.264. The summed E-state index contributed by atoms with van der Waals surface area (Å²) in [4.78, 5) is 19.9. The van der Waals surface area contributed by atoms with Crippen molar-refractivity contribution in [1.29, 1.82) is 0 Å². The van der Waals surface area contributed by atoms with Gasteiger partial charge in [-0.05, 0) is 93.5 Å². The fourth-order valence-electron chi connectivity index (χ4n) is 6.14. The Hall–Kier alpha value is -1.88. The molecule has 0 spiro atoms. The van der Waals surface area contributed by atoms with Crippen LogP contribution in [0.15, 0.2) is 23.3 Å². The Kier molecular flexibility index (Phi) is 8.53. The van der Waals surface area contributed by atoms with Crippen LogP contribution in [0.2, 0.25) is 0 Å². The molecule has 1 aromatic carbocycles. The summed E-state index contributed by atoms with van der Waals surface area (Å²) < 4.78 is 0. The molecule has 31 heavy (non-hydrogen) atoms. The number of rotatable bonds is 7. The Labute approximate surface area is 187 Å². The zero-order valence-electron chi connectivity index (χ0n) is 19.8. The summed E-state index contributed by atoms with van der Waals surface area (Å²) in [6.45, 7) is 0. The first-order valence-corrected chi connectivity index (χ1v) is 12.0. The Morgan fingerprint density at radius 2 is 1.35 bits per heavy atom. The van der Waals surface area contributed by atoms with Crippen LogP contribution in [0.5, 0.6) is 0 Å². The van der Waals surface area contributed by atoms with Crippen LogP contribution in [0.1, 0.15) is 97.8 Å². The fraction of sp³-hybridized carbons (Fsp3) is 0.720. The van der Waals surface area contributed by atoms with E-state index in [1.807, 2.05) is 12.1 Å². The predicted molar refractivity (Wildman–Crippen MR) is 126 cm³/mol. The van der Waals surface area contributed by atoms with E-state index < -0.39 is 5.91 Å². The van der Waals surface area contributed by atoms with E-state index in [1.165, 1.54) is 75.3 Å². The Bertz CT molecular complexity index is 787. The molecule has 0 radical (unpaired) electrons. The van der Waals surface area contributed by atoms with Gasteiger partial charge in [0.05, 0.1) is 0 Å². The van der Waals surface area contributed by atoms with Crippen molar-refractivity contribution in [2.75, 3.05) is 28.2 Å². The molecule has 2 unspecified atom stereocenters. The first-order chi connectivity index (χ1) is 14.9. The third kappa shape index (κ3) is 5.68. The van der Waals surface area contributed by atoms with Gasteiger partial charge in [-0.15, -0.1) is 0 Å². The van der Waals surface area contributed by atoms with Crippen molar-refractivity contribution in [2.45, 2.75) is 76.3 Å². The molecule has 1 amide bonds. The van der Waals surface area contributed by atoms with Crippen LogP contribution in [0, 0.1) is 11.8 Å². The second-order valence-electron chi connectivity index (χ2n) is 9.95. The summed E-state index contributed by atoms with van der Waals surface area (Å²) in [5.74, 6) is 0.729. The average molecular weight is 426 g/mol. The molecule has 0 N–H and O–H groups in total. The lowest BCUT2D eigenvalue weighted by molar-refractivity contribution is 0.0999. The van der Waals surface area contributed by atoms with Crippen LogP contribution in [-0.2, 0) is 0 Å². The number of amides is 1. The van der Waals surface area contributed by atoms with Crippen LogP contribution in [0.4, 0.5) is 0 Å². The van der Waals surface area contributed by atoms with Gasteiger partial charge in [0, 0.05) is 22.6 Å². The SMILES string of the molecule is CN(C)C(c1ccc(C(=O)N=[N+]=[N-])cc1C(C1CCCCC1)N(C)C)C1CCCCC1. The lowest BCUT2D eigenvalue weighted by Gasteiger charge is -2.41. The van der Waals surface area contributed by atoms with Gasteiger partial charge in [-0.3, -0.25) is 4.79 Å².